The number of aromatic nitrogens is 3. The zero-order valence-corrected chi connectivity index (χ0v) is 13.6. The summed E-state index contributed by atoms with van der Waals surface area (Å²) < 4.78 is 1.90. The first kappa shape index (κ1) is 18.1. The molecule has 1 atom stereocenters. The fraction of sp³-hybridized carbons (Fsp3) is 0.400. The predicted octanol–water partition coefficient (Wildman–Crippen LogP) is 1.74. The molecule has 0 aromatic carbocycles. The number of imidazole rings is 1. The van der Waals surface area contributed by atoms with Crippen molar-refractivity contribution in [2.24, 2.45) is 5.73 Å². The van der Waals surface area contributed by atoms with E-state index in [1.54, 1.807) is 12.4 Å². The van der Waals surface area contributed by atoms with Crippen molar-refractivity contribution in [1.29, 1.82) is 0 Å². The molecule has 22 heavy (non-hydrogen) atoms. The van der Waals surface area contributed by atoms with Gasteiger partial charge < -0.3 is 11.1 Å². The zero-order valence-electron chi connectivity index (χ0n) is 12.8. The van der Waals surface area contributed by atoms with Crippen molar-refractivity contribution in [2.45, 2.75) is 39.3 Å². The number of hydrogen-bond acceptors (Lipinski definition) is 4. The molecular formula is C15H22ClN5O. The van der Waals surface area contributed by atoms with Gasteiger partial charge >= 0.3 is 0 Å². The zero-order chi connectivity index (χ0) is 15.2. The number of pyridine rings is 1. The minimum atomic E-state index is -0.434. The standard InChI is InChI=1S/C15H21N5O.ClH/c1-3-4-13(16)15(21)19-10-12-5-6-14(18-9-12)20-8-7-17-11(20)2;/h5-9,13H,3-4,10,16H2,1-2H3,(H,19,21);1H. The molecule has 120 valence electrons. The number of nitrogens with zero attached hydrogens (tertiary/aromatic N) is 3. The number of halogens is 1. The van der Waals surface area contributed by atoms with E-state index in [1.807, 2.05) is 36.7 Å². The Labute approximate surface area is 136 Å². The summed E-state index contributed by atoms with van der Waals surface area (Å²) >= 11 is 0. The van der Waals surface area contributed by atoms with Gasteiger partial charge in [-0.3, -0.25) is 9.36 Å². The summed E-state index contributed by atoms with van der Waals surface area (Å²) in [7, 11) is 0. The van der Waals surface area contributed by atoms with Gasteiger partial charge in [0.2, 0.25) is 5.91 Å². The molecule has 2 aromatic heterocycles. The van der Waals surface area contributed by atoms with Gasteiger partial charge in [0.1, 0.15) is 11.6 Å². The summed E-state index contributed by atoms with van der Waals surface area (Å²) in [6, 6.07) is 3.41. The van der Waals surface area contributed by atoms with Crippen molar-refractivity contribution in [1.82, 2.24) is 19.9 Å². The van der Waals surface area contributed by atoms with Gasteiger partial charge in [-0.1, -0.05) is 19.4 Å². The lowest BCUT2D eigenvalue weighted by atomic mass is 10.1. The van der Waals surface area contributed by atoms with E-state index < -0.39 is 6.04 Å². The molecule has 2 rings (SSSR count). The maximum absolute atomic E-state index is 11.7. The van der Waals surface area contributed by atoms with E-state index in [0.29, 0.717) is 13.0 Å². The lowest BCUT2D eigenvalue weighted by Gasteiger charge is -2.11. The van der Waals surface area contributed by atoms with Gasteiger partial charge in [-0.25, -0.2) is 9.97 Å². The Morgan fingerprint density at radius 3 is 2.73 bits per heavy atom. The Morgan fingerprint density at radius 2 is 2.18 bits per heavy atom. The minimum Gasteiger partial charge on any atom is -0.351 e. The smallest absolute Gasteiger partial charge is 0.237 e. The summed E-state index contributed by atoms with van der Waals surface area (Å²) in [6.07, 6.45) is 6.95. The first-order chi connectivity index (χ1) is 10.1. The largest absolute Gasteiger partial charge is 0.351 e. The molecule has 1 unspecified atom stereocenters. The summed E-state index contributed by atoms with van der Waals surface area (Å²) in [5.74, 6) is 1.57. The second kappa shape index (κ2) is 8.51. The number of amides is 1. The van der Waals surface area contributed by atoms with Crippen molar-refractivity contribution < 1.29 is 4.79 Å². The maximum atomic E-state index is 11.7. The van der Waals surface area contributed by atoms with Gasteiger partial charge in [0.15, 0.2) is 0 Å². The highest BCUT2D eigenvalue weighted by atomic mass is 35.5. The normalized spacial score (nSPS) is 11.6. The molecule has 6 nitrogen and oxygen atoms in total. The van der Waals surface area contributed by atoms with Crippen molar-refractivity contribution in [3.63, 3.8) is 0 Å². The third kappa shape index (κ3) is 4.54. The first-order valence-electron chi connectivity index (χ1n) is 7.10. The highest BCUT2D eigenvalue weighted by Crippen LogP contribution is 2.08. The Morgan fingerprint density at radius 1 is 1.41 bits per heavy atom. The SMILES string of the molecule is CCCC(N)C(=O)NCc1ccc(-n2ccnc2C)nc1.Cl. The maximum Gasteiger partial charge on any atom is 0.237 e. The van der Waals surface area contributed by atoms with E-state index in [0.717, 1.165) is 23.6 Å². The molecule has 0 aliphatic rings. The third-order valence-corrected chi connectivity index (χ3v) is 3.28. The van der Waals surface area contributed by atoms with Crippen molar-refractivity contribution in [2.75, 3.05) is 0 Å². The molecule has 0 aliphatic carbocycles. The van der Waals surface area contributed by atoms with Gasteiger partial charge in [0, 0.05) is 25.1 Å². The molecule has 0 aliphatic heterocycles. The molecule has 0 fully saturated rings. The van der Waals surface area contributed by atoms with Crippen molar-refractivity contribution in [3.8, 4) is 5.82 Å². The fourth-order valence-electron chi connectivity index (χ4n) is 2.05. The van der Waals surface area contributed by atoms with Crippen LogP contribution >= 0.6 is 12.4 Å². The van der Waals surface area contributed by atoms with Gasteiger partial charge in [-0.05, 0) is 25.0 Å². The number of rotatable bonds is 6. The van der Waals surface area contributed by atoms with Crippen LogP contribution in [0.3, 0.4) is 0 Å². The molecule has 2 aromatic rings. The molecule has 0 radical (unpaired) electrons. The Balaban J connectivity index is 0.00000242. The topological polar surface area (TPSA) is 85.8 Å². The van der Waals surface area contributed by atoms with Crippen LogP contribution in [0.1, 0.15) is 31.2 Å². The summed E-state index contributed by atoms with van der Waals surface area (Å²) in [6.45, 7) is 4.37. The van der Waals surface area contributed by atoms with Crippen LogP contribution in [0.5, 0.6) is 0 Å². The predicted molar refractivity (Wildman–Crippen MR) is 88.1 cm³/mol. The number of aryl methyl sites for hydroxylation is 1. The highest BCUT2D eigenvalue weighted by molar-refractivity contribution is 5.85. The van der Waals surface area contributed by atoms with Crippen LogP contribution in [0.2, 0.25) is 0 Å². The average molecular weight is 324 g/mol. The van der Waals surface area contributed by atoms with Crippen LogP contribution < -0.4 is 11.1 Å². The third-order valence-electron chi connectivity index (χ3n) is 3.28. The number of carbonyl (C=O) groups is 1. The lowest BCUT2D eigenvalue weighted by Crippen LogP contribution is -2.40. The molecule has 7 heteroatoms. The minimum absolute atomic E-state index is 0. The van der Waals surface area contributed by atoms with Crippen molar-refractivity contribution in [3.05, 3.63) is 42.1 Å². The van der Waals surface area contributed by atoms with Crippen LogP contribution in [0.25, 0.3) is 5.82 Å². The first-order valence-corrected chi connectivity index (χ1v) is 7.10. The van der Waals surface area contributed by atoms with Gasteiger partial charge in [-0.2, -0.15) is 0 Å². The fourth-order valence-corrected chi connectivity index (χ4v) is 2.05. The molecule has 0 bridgehead atoms. The Bertz CT molecular complexity index is 596. The van der Waals surface area contributed by atoms with Crippen LogP contribution in [0, 0.1) is 6.92 Å². The van der Waals surface area contributed by atoms with Crippen LogP contribution in [-0.4, -0.2) is 26.5 Å². The number of hydrogen-bond donors (Lipinski definition) is 2. The highest BCUT2D eigenvalue weighted by Gasteiger charge is 2.11. The second-order valence-corrected chi connectivity index (χ2v) is 4.98. The lowest BCUT2D eigenvalue weighted by molar-refractivity contribution is -0.122. The Hall–Kier alpha value is -1.92. The van der Waals surface area contributed by atoms with Crippen LogP contribution in [-0.2, 0) is 11.3 Å². The number of nitrogens with two attached hydrogens (primary N) is 1. The number of nitrogens with one attached hydrogen (secondary N) is 1. The molecular weight excluding hydrogens is 302 g/mol. The van der Waals surface area contributed by atoms with E-state index in [9.17, 15) is 4.79 Å². The molecule has 2 heterocycles. The van der Waals surface area contributed by atoms with E-state index in [4.69, 9.17) is 5.73 Å². The van der Waals surface area contributed by atoms with Gasteiger partial charge in [0.25, 0.3) is 0 Å². The van der Waals surface area contributed by atoms with E-state index in [2.05, 4.69) is 15.3 Å². The molecule has 0 saturated heterocycles. The molecule has 3 N–H and O–H groups in total. The second-order valence-electron chi connectivity index (χ2n) is 4.98. The monoisotopic (exact) mass is 323 g/mol. The van der Waals surface area contributed by atoms with E-state index in [-0.39, 0.29) is 18.3 Å². The quantitative estimate of drug-likeness (QED) is 0.848. The number of carbonyl (C=O) groups excluding carboxylic acids is 1. The average Bonchev–Trinajstić information content (AvgIpc) is 2.91. The van der Waals surface area contributed by atoms with Crippen molar-refractivity contribution >= 4 is 18.3 Å². The summed E-state index contributed by atoms with van der Waals surface area (Å²) in [5.41, 5.74) is 6.70. The summed E-state index contributed by atoms with van der Waals surface area (Å²) in [5, 5.41) is 2.83. The van der Waals surface area contributed by atoms with E-state index >= 15 is 0 Å². The van der Waals surface area contributed by atoms with Crippen LogP contribution in [0.15, 0.2) is 30.7 Å². The van der Waals surface area contributed by atoms with Gasteiger partial charge in [0.05, 0.1) is 6.04 Å². The summed E-state index contributed by atoms with van der Waals surface area (Å²) in [4.78, 5) is 20.3. The Kier molecular flexibility index (Phi) is 7.01. The molecule has 0 spiro atoms. The van der Waals surface area contributed by atoms with Gasteiger partial charge in [-0.15, -0.1) is 12.4 Å². The van der Waals surface area contributed by atoms with E-state index in [1.165, 1.54) is 0 Å². The van der Waals surface area contributed by atoms with Crippen LogP contribution in [0.4, 0.5) is 0 Å². The molecule has 1 amide bonds. The molecule has 0 saturated carbocycles.